The molecule has 10 heteroatoms. The van der Waals surface area contributed by atoms with Crippen molar-refractivity contribution in [3.63, 3.8) is 0 Å². The summed E-state index contributed by atoms with van der Waals surface area (Å²) in [7, 11) is 0. The van der Waals surface area contributed by atoms with Gasteiger partial charge in [-0.05, 0) is 0 Å². The summed E-state index contributed by atoms with van der Waals surface area (Å²) in [5.74, 6) is 0. The van der Waals surface area contributed by atoms with Gasteiger partial charge in [-0.3, -0.25) is 15.4 Å². The Kier molecular flexibility index (Phi) is 3.32. The monoisotopic (exact) mass is 260 g/mol. The lowest BCUT2D eigenvalue weighted by Gasteiger charge is -2.14. The summed E-state index contributed by atoms with van der Waals surface area (Å²) >= 11 is 0. The van der Waals surface area contributed by atoms with E-state index < -0.39 is 35.5 Å². The molecule has 0 unspecified atom stereocenters. The number of aromatic nitrogens is 3. The molecule has 0 amide bonds. The first-order valence-corrected chi connectivity index (χ1v) is 5.18. The highest BCUT2D eigenvalue weighted by Gasteiger charge is 2.33. The number of ether oxygens (including phenoxy) is 1. The zero-order valence-corrected chi connectivity index (χ0v) is 9.12. The van der Waals surface area contributed by atoms with Gasteiger partial charge in [0.2, 0.25) is 0 Å². The van der Waals surface area contributed by atoms with Crippen LogP contribution in [-0.2, 0) is 4.74 Å². The highest BCUT2D eigenvalue weighted by molar-refractivity contribution is 4.88. The maximum Gasteiger partial charge on any atom is 0.352 e. The maximum atomic E-state index is 11.3. The molecule has 10 nitrogen and oxygen atoms in total. The van der Waals surface area contributed by atoms with Crippen LogP contribution in [-0.4, -0.2) is 49.9 Å². The summed E-state index contributed by atoms with van der Waals surface area (Å²) < 4.78 is 5.68. The first kappa shape index (κ1) is 12.5. The normalized spacial score (nSPS) is 27.3. The average molecular weight is 260 g/mol. The highest BCUT2D eigenvalue weighted by Crippen LogP contribution is 2.18. The van der Waals surface area contributed by atoms with Gasteiger partial charge in [-0.25, -0.2) is 14.4 Å². The third-order valence-electron chi connectivity index (χ3n) is 2.52. The van der Waals surface area contributed by atoms with Crippen molar-refractivity contribution in [2.24, 2.45) is 0 Å². The third-order valence-corrected chi connectivity index (χ3v) is 2.52. The molecule has 1 aliphatic rings. The summed E-state index contributed by atoms with van der Waals surface area (Å²) in [6.45, 7) is -0.379. The Morgan fingerprint density at radius 1 is 1.33 bits per heavy atom. The molecular weight excluding hydrogens is 248 g/mol. The van der Waals surface area contributed by atoms with Crippen molar-refractivity contribution in [3.8, 4) is 0 Å². The van der Waals surface area contributed by atoms with Crippen LogP contribution in [0.2, 0.25) is 0 Å². The summed E-state index contributed by atoms with van der Waals surface area (Å²) in [5.41, 5.74) is -0.416. The number of aliphatic hydroxyl groups is 2. The lowest BCUT2D eigenvalue weighted by molar-refractivity contribution is -0.0180. The summed E-state index contributed by atoms with van der Waals surface area (Å²) in [6.07, 6.45) is -2.40. The zero-order valence-electron chi connectivity index (χ0n) is 9.12. The minimum absolute atomic E-state index is 0.0935. The standard InChI is InChI=1S/C8H12N4O6/c13-2-4-3(14)1-5(18-4)11-12-7(16)9-6(15)10-8(12)17/h3-5,11,13-14H,1-2H2,(H2,9,10,15,16,17)/t3-,4+,5+/m0/s1. The van der Waals surface area contributed by atoms with Crippen LogP contribution in [0.1, 0.15) is 6.42 Å². The second-order valence-corrected chi connectivity index (χ2v) is 3.80. The second kappa shape index (κ2) is 4.76. The molecule has 0 aromatic carbocycles. The molecule has 18 heavy (non-hydrogen) atoms. The quantitative estimate of drug-likeness (QED) is 0.374. The maximum absolute atomic E-state index is 11.3. The molecule has 3 atom stereocenters. The Hall–Kier alpha value is -1.91. The number of nitrogens with one attached hydrogen (secondary N) is 3. The molecule has 100 valence electrons. The molecule has 0 bridgehead atoms. The van der Waals surface area contributed by atoms with Crippen molar-refractivity contribution in [3.05, 3.63) is 31.5 Å². The molecule has 1 aliphatic heterocycles. The van der Waals surface area contributed by atoms with Gasteiger partial charge in [0, 0.05) is 6.42 Å². The van der Waals surface area contributed by atoms with Gasteiger partial charge in [0.1, 0.15) is 12.3 Å². The number of hydrogen-bond donors (Lipinski definition) is 5. The largest absolute Gasteiger partial charge is 0.394 e. The predicted molar refractivity (Wildman–Crippen MR) is 57.7 cm³/mol. The van der Waals surface area contributed by atoms with Gasteiger partial charge in [-0.1, -0.05) is 0 Å². The fraction of sp³-hybridized carbons (Fsp3) is 0.625. The molecule has 5 N–H and O–H groups in total. The van der Waals surface area contributed by atoms with Gasteiger partial charge in [-0.15, -0.1) is 0 Å². The van der Waals surface area contributed by atoms with E-state index in [0.29, 0.717) is 4.68 Å². The van der Waals surface area contributed by atoms with E-state index in [1.807, 2.05) is 9.97 Å². The van der Waals surface area contributed by atoms with Crippen LogP contribution in [0.15, 0.2) is 14.4 Å². The second-order valence-electron chi connectivity index (χ2n) is 3.80. The smallest absolute Gasteiger partial charge is 0.352 e. The molecule has 0 aliphatic carbocycles. The molecule has 1 saturated heterocycles. The lowest BCUT2D eigenvalue weighted by Crippen LogP contribution is -2.50. The SMILES string of the molecule is O=c1[nH]c(=O)n(N[C@H]2C[C@H](O)[C@@H](CO)O2)c(=O)[nH]1. The zero-order chi connectivity index (χ0) is 13.3. The first-order chi connectivity index (χ1) is 8.51. The minimum Gasteiger partial charge on any atom is -0.394 e. The van der Waals surface area contributed by atoms with Gasteiger partial charge in [0.05, 0.1) is 12.7 Å². The fourth-order valence-electron chi connectivity index (χ4n) is 1.67. The lowest BCUT2D eigenvalue weighted by atomic mass is 10.2. The summed E-state index contributed by atoms with van der Waals surface area (Å²) in [5, 5.41) is 18.3. The van der Waals surface area contributed by atoms with Gasteiger partial charge in [0.15, 0.2) is 0 Å². The third kappa shape index (κ3) is 2.34. The molecule has 1 aromatic rings. The van der Waals surface area contributed by atoms with Crippen LogP contribution >= 0.6 is 0 Å². The molecule has 0 saturated carbocycles. The van der Waals surface area contributed by atoms with E-state index in [2.05, 4.69) is 5.43 Å². The van der Waals surface area contributed by atoms with Crippen molar-refractivity contribution in [1.29, 1.82) is 0 Å². The van der Waals surface area contributed by atoms with Crippen LogP contribution in [0.3, 0.4) is 0 Å². The fourth-order valence-corrected chi connectivity index (χ4v) is 1.67. The Labute approximate surface area is 98.8 Å². The van der Waals surface area contributed by atoms with E-state index in [4.69, 9.17) is 9.84 Å². The van der Waals surface area contributed by atoms with Crippen molar-refractivity contribution in [2.45, 2.75) is 24.9 Å². The first-order valence-electron chi connectivity index (χ1n) is 5.18. The number of aliphatic hydroxyl groups excluding tert-OH is 2. The van der Waals surface area contributed by atoms with E-state index in [-0.39, 0.29) is 13.0 Å². The van der Waals surface area contributed by atoms with Crippen LogP contribution in [0.5, 0.6) is 0 Å². The predicted octanol–water partition coefficient (Wildman–Crippen LogP) is -3.76. The van der Waals surface area contributed by atoms with Gasteiger partial charge >= 0.3 is 17.1 Å². The van der Waals surface area contributed by atoms with Gasteiger partial charge in [0.25, 0.3) is 0 Å². The van der Waals surface area contributed by atoms with Crippen LogP contribution in [0.4, 0.5) is 0 Å². The molecule has 2 heterocycles. The molecule has 0 radical (unpaired) electrons. The molecule has 2 rings (SSSR count). The average Bonchev–Trinajstić information content (AvgIpc) is 2.64. The summed E-state index contributed by atoms with van der Waals surface area (Å²) in [6, 6.07) is 0. The number of aromatic amines is 2. The number of hydrogen-bond acceptors (Lipinski definition) is 7. The number of nitrogens with zero attached hydrogens (tertiary/aromatic N) is 1. The van der Waals surface area contributed by atoms with Crippen molar-refractivity contribution >= 4 is 0 Å². The molecule has 1 aromatic heterocycles. The van der Waals surface area contributed by atoms with Crippen LogP contribution in [0.25, 0.3) is 0 Å². The topological polar surface area (TPSA) is 149 Å². The van der Waals surface area contributed by atoms with Gasteiger partial charge in [-0.2, -0.15) is 4.68 Å². The number of H-pyrrole nitrogens is 2. The van der Waals surface area contributed by atoms with E-state index in [0.717, 1.165) is 0 Å². The van der Waals surface area contributed by atoms with Crippen molar-refractivity contribution in [2.75, 3.05) is 12.0 Å². The van der Waals surface area contributed by atoms with Gasteiger partial charge < -0.3 is 14.9 Å². The molecular formula is C8H12N4O6. The van der Waals surface area contributed by atoms with E-state index in [1.165, 1.54) is 0 Å². The molecule has 1 fully saturated rings. The Bertz CT molecular complexity index is 554. The van der Waals surface area contributed by atoms with E-state index >= 15 is 0 Å². The minimum atomic E-state index is -0.950. The summed E-state index contributed by atoms with van der Waals surface area (Å²) in [4.78, 5) is 37.2. The molecule has 0 spiro atoms. The highest BCUT2D eigenvalue weighted by atomic mass is 16.5. The Balaban J connectivity index is 2.19. The van der Waals surface area contributed by atoms with Crippen LogP contribution < -0.4 is 22.5 Å². The Morgan fingerprint density at radius 3 is 2.44 bits per heavy atom. The van der Waals surface area contributed by atoms with Crippen LogP contribution in [0, 0.1) is 0 Å². The van der Waals surface area contributed by atoms with E-state index in [9.17, 15) is 19.5 Å². The van der Waals surface area contributed by atoms with Crippen molar-refractivity contribution < 1.29 is 14.9 Å². The number of rotatable bonds is 3. The van der Waals surface area contributed by atoms with E-state index in [1.54, 1.807) is 0 Å². The Morgan fingerprint density at radius 2 is 1.94 bits per heavy atom. The van der Waals surface area contributed by atoms with Crippen molar-refractivity contribution in [1.82, 2.24) is 14.6 Å².